The summed E-state index contributed by atoms with van der Waals surface area (Å²) in [5, 5.41) is 60.0. The van der Waals surface area contributed by atoms with E-state index in [0.717, 1.165) is 41.1 Å². The minimum atomic E-state index is -1.54. The molecule has 0 saturated carbocycles. The molecule has 0 radical (unpaired) electrons. The summed E-state index contributed by atoms with van der Waals surface area (Å²) >= 11 is 0. The lowest BCUT2D eigenvalue weighted by atomic mass is 9.96. The molecule has 0 bridgehead atoms. The zero-order chi connectivity index (χ0) is 28.0. The number of aliphatic hydroxyl groups excluding tert-OH is 5. The van der Waals surface area contributed by atoms with Gasteiger partial charge in [-0.15, -0.1) is 5.10 Å². The molecule has 3 rings (SSSR count). The standard InChI is InChI=1S/C27H43N3O8/c1-15(2)21-19(25(30-29-21)38-26-24(35)23(34)22(33)20(13-31)37-26)12-17-7-8-18(11-16(17)3)36-10-6-9-28-27(4,5)14-32/h7-8,11,15,20,22-24,26,28,31-35H,6,9-10,12-14H2,1-5H3,(H,29,30)/t20-,22+,23+,24-,26+/m1/s1. The summed E-state index contributed by atoms with van der Waals surface area (Å²) in [4.78, 5) is 0. The summed E-state index contributed by atoms with van der Waals surface area (Å²) < 4.78 is 17.3. The average molecular weight is 538 g/mol. The zero-order valence-corrected chi connectivity index (χ0v) is 22.8. The molecule has 38 heavy (non-hydrogen) atoms. The summed E-state index contributed by atoms with van der Waals surface area (Å²) in [6.45, 7) is 10.7. The Kier molecular flexibility index (Phi) is 10.5. The van der Waals surface area contributed by atoms with Gasteiger partial charge in [0, 0.05) is 23.2 Å². The summed E-state index contributed by atoms with van der Waals surface area (Å²) in [5.74, 6) is 1.09. The second-order valence-electron chi connectivity index (χ2n) is 10.8. The summed E-state index contributed by atoms with van der Waals surface area (Å²) in [6, 6.07) is 5.89. The van der Waals surface area contributed by atoms with E-state index in [-0.39, 0.29) is 23.9 Å². The molecule has 5 atom stereocenters. The zero-order valence-electron chi connectivity index (χ0n) is 22.8. The number of nitrogens with one attached hydrogen (secondary N) is 2. The predicted molar refractivity (Wildman–Crippen MR) is 140 cm³/mol. The van der Waals surface area contributed by atoms with Crippen LogP contribution < -0.4 is 14.8 Å². The van der Waals surface area contributed by atoms with Gasteiger partial charge < -0.3 is 45.1 Å². The number of aliphatic hydroxyl groups is 5. The summed E-state index contributed by atoms with van der Waals surface area (Å²) in [5.41, 5.74) is 3.39. The molecule has 0 spiro atoms. The van der Waals surface area contributed by atoms with Crippen LogP contribution in [0, 0.1) is 6.92 Å². The molecule has 0 aliphatic carbocycles. The van der Waals surface area contributed by atoms with Crippen LogP contribution in [-0.2, 0) is 11.2 Å². The normalized spacial score (nSPS) is 24.1. The molecule has 11 heteroatoms. The van der Waals surface area contributed by atoms with Gasteiger partial charge in [-0.3, -0.25) is 5.10 Å². The van der Waals surface area contributed by atoms with Gasteiger partial charge in [0.25, 0.3) is 0 Å². The third kappa shape index (κ3) is 7.44. The van der Waals surface area contributed by atoms with Gasteiger partial charge in [-0.2, -0.15) is 0 Å². The maximum absolute atomic E-state index is 10.4. The number of H-pyrrole nitrogens is 1. The van der Waals surface area contributed by atoms with Crippen LogP contribution in [0.2, 0.25) is 0 Å². The van der Waals surface area contributed by atoms with Crippen molar-refractivity contribution in [2.75, 3.05) is 26.4 Å². The van der Waals surface area contributed by atoms with Crippen LogP contribution in [0.25, 0.3) is 0 Å². The highest BCUT2D eigenvalue weighted by molar-refractivity contribution is 5.42. The minimum absolute atomic E-state index is 0.0684. The molecule has 7 N–H and O–H groups in total. The molecule has 1 saturated heterocycles. The van der Waals surface area contributed by atoms with Gasteiger partial charge in [-0.05, 0) is 62.9 Å². The van der Waals surface area contributed by atoms with Gasteiger partial charge >= 0.3 is 0 Å². The monoisotopic (exact) mass is 537 g/mol. The van der Waals surface area contributed by atoms with Gasteiger partial charge in [0.1, 0.15) is 30.2 Å². The first-order chi connectivity index (χ1) is 18.0. The largest absolute Gasteiger partial charge is 0.494 e. The molecular formula is C27H43N3O8. The number of rotatable bonds is 13. The van der Waals surface area contributed by atoms with Gasteiger partial charge in [-0.25, -0.2) is 0 Å². The molecule has 2 aromatic rings. The van der Waals surface area contributed by atoms with Crippen molar-refractivity contribution in [1.29, 1.82) is 0 Å². The molecular weight excluding hydrogens is 494 g/mol. The van der Waals surface area contributed by atoms with E-state index in [1.165, 1.54) is 0 Å². The quantitative estimate of drug-likeness (QED) is 0.181. The lowest BCUT2D eigenvalue weighted by molar-refractivity contribution is -0.278. The molecule has 1 fully saturated rings. The van der Waals surface area contributed by atoms with Crippen molar-refractivity contribution in [3.63, 3.8) is 0 Å². The van der Waals surface area contributed by atoms with Crippen LogP contribution in [0.4, 0.5) is 0 Å². The first-order valence-electron chi connectivity index (χ1n) is 13.1. The first-order valence-corrected chi connectivity index (χ1v) is 13.1. The van der Waals surface area contributed by atoms with E-state index < -0.39 is 37.3 Å². The number of aromatic nitrogens is 2. The average Bonchev–Trinajstić information content (AvgIpc) is 3.27. The Morgan fingerprint density at radius 2 is 1.87 bits per heavy atom. The van der Waals surface area contributed by atoms with Crippen LogP contribution >= 0.6 is 0 Å². The van der Waals surface area contributed by atoms with E-state index in [0.29, 0.717) is 13.0 Å². The predicted octanol–water partition coefficient (Wildman–Crippen LogP) is 0.740. The highest BCUT2D eigenvalue weighted by atomic mass is 16.7. The van der Waals surface area contributed by atoms with Crippen molar-refractivity contribution >= 4 is 0 Å². The Morgan fingerprint density at radius 3 is 2.50 bits per heavy atom. The Bertz CT molecular complexity index is 1030. The van der Waals surface area contributed by atoms with Gasteiger partial charge in [0.05, 0.1) is 19.8 Å². The van der Waals surface area contributed by atoms with E-state index in [9.17, 15) is 25.5 Å². The number of hydrogen-bond acceptors (Lipinski definition) is 10. The fourth-order valence-corrected chi connectivity index (χ4v) is 4.27. The van der Waals surface area contributed by atoms with E-state index in [2.05, 4.69) is 15.5 Å². The second-order valence-corrected chi connectivity index (χ2v) is 10.8. The molecule has 0 amide bonds. The molecule has 2 heterocycles. The van der Waals surface area contributed by atoms with Crippen molar-refractivity contribution in [1.82, 2.24) is 15.5 Å². The number of nitrogens with zero attached hydrogens (tertiary/aromatic N) is 1. The van der Waals surface area contributed by atoms with Gasteiger partial charge in [0.2, 0.25) is 12.2 Å². The van der Waals surface area contributed by atoms with Crippen LogP contribution in [0.3, 0.4) is 0 Å². The highest BCUT2D eigenvalue weighted by Gasteiger charge is 2.45. The number of aromatic amines is 1. The Balaban J connectivity index is 1.69. The topological polar surface area (TPSA) is 170 Å². The van der Waals surface area contributed by atoms with Crippen molar-refractivity contribution in [2.45, 2.75) is 89.6 Å². The summed E-state index contributed by atoms with van der Waals surface area (Å²) in [6.07, 6.45) is -5.63. The summed E-state index contributed by atoms with van der Waals surface area (Å²) in [7, 11) is 0. The van der Waals surface area contributed by atoms with E-state index in [1.807, 2.05) is 52.8 Å². The van der Waals surface area contributed by atoms with Crippen molar-refractivity contribution in [2.24, 2.45) is 0 Å². The van der Waals surface area contributed by atoms with Crippen molar-refractivity contribution in [3.8, 4) is 11.6 Å². The number of ether oxygens (including phenoxy) is 3. The Hall–Kier alpha value is -2.25. The molecule has 11 nitrogen and oxygen atoms in total. The minimum Gasteiger partial charge on any atom is -0.494 e. The van der Waals surface area contributed by atoms with Gasteiger partial charge in [-0.1, -0.05) is 19.9 Å². The molecule has 1 aromatic heterocycles. The number of benzene rings is 1. The molecule has 1 aromatic carbocycles. The van der Waals surface area contributed by atoms with Crippen molar-refractivity contribution < 1.29 is 39.7 Å². The van der Waals surface area contributed by atoms with Crippen LogP contribution in [0.15, 0.2) is 18.2 Å². The maximum Gasteiger partial charge on any atom is 0.238 e. The number of hydrogen-bond donors (Lipinski definition) is 7. The lowest BCUT2D eigenvalue weighted by Gasteiger charge is -2.39. The SMILES string of the molecule is Cc1cc(OCCCNC(C)(C)CO)ccc1Cc1c(O[C@@H]2O[C@H](CO)[C@H](O)[C@H](O)[C@H]2O)n[nH]c1C(C)C. The van der Waals surface area contributed by atoms with Crippen LogP contribution in [0.5, 0.6) is 11.6 Å². The Labute approximate surface area is 223 Å². The number of aryl methyl sites for hydroxylation is 1. The van der Waals surface area contributed by atoms with E-state index in [4.69, 9.17) is 14.2 Å². The van der Waals surface area contributed by atoms with Crippen LogP contribution in [0.1, 0.15) is 62.4 Å². The first kappa shape index (κ1) is 30.3. The van der Waals surface area contributed by atoms with E-state index in [1.54, 1.807) is 0 Å². The molecule has 1 aliphatic heterocycles. The van der Waals surface area contributed by atoms with Crippen molar-refractivity contribution in [3.05, 3.63) is 40.6 Å². The van der Waals surface area contributed by atoms with Crippen LogP contribution in [-0.4, -0.2) is 98.3 Å². The lowest BCUT2D eigenvalue weighted by Crippen LogP contribution is -2.60. The molecule has 214 valence electrons. The van der Waals surface area contributed by atoms with E-state index >= 15 is 0 Å². The molecule has 0 unspecified atom stereocenters. The second kappa shape index (κ2) is 13.2. The third-order valence-electron chi connectivity index (χ3n) is 6.78. The molecule has 1 aliphatic rings. The smallest absolute Gasteiger partial charge is 0.238 e. The third-order valence-corrected chi connectivity index (χ3v) is 6.78. The fraction of sp³-hybridized carbons (Fsp3) is 0.667. The maximum atomic E-state index is 10.4. The highest BCUT2D eigenvalue weighted by Crippen LogP contribution is 2.32. The van der Waals surface area contributed by atoms with Gasteiger partial charge in [0.15, 0.2) is 0 Å². The fourth-order valence-electron chi connectivity index (χ4n) is 4.27. The Morgan fingerprint density at radius 1 is 1.13 bits per heavy atom.